The molecular weight excluding hydrogens is 527 g/mol. The number of sulfonamides is 1. The molecule has 1 aliphatic heterocycles. The second-order valence-corrected chi connectivity index (χ2v) is 13.5. The van der Waals surface area contributed by atoms with E-state index in [0.29, 0.717) is 18.9 Å². The van der Waals surface area contributed by atoms with Crippen LogP contribution in [0.4, 0.5) is 13.2 Å². The summed E-state index contributed by atoms with van der Waals surface area (Å²) in [5, 5.41) is 6.61. The van der Waals surface area contributed by atoms with Gasteiger partial charge in [0.25, 0.3) is 0 Å². The monoisotopic (exact) mass is 565 g/mol. The zero-order valence-corrected chi connectivity index (χ0v) is 23.6. The number of carbonyl (C=O) groups is 1. The maximum absolute atomic E-state index is 13.4. The molecule has 0 unspecified atom stereocenters. The van der Waals surface area contributed by atoms with Crippen LogP contribution in [0.15, 0.2) is 47.4 Å². The molecule has 4 rings (SSSR count). The number of benzene rings is 2. The Hall–Kier alpha value is -2.43. The third-order valence-corrected chi connectivity index (χ3v) is 9.39. The fraction of sp³-hybridized carbons (Fsp3) is 0.552. The number of alkyl halides is 3. The van der Waals surface area contributed by atoms with Gasteiger partial charge in [0, 0.05) is 31.1 Å². The molecule has 6 nitrogen and oxygen atoms in total. The average Bonchev–Trinajstić information content (AvgIpc) is 2.87. The first-order valence-electron chi connectivity index (χ1n) is 13.6. The van der Waals surface area contributed by atoms with E-state index in [2.05, 4.69) is 49.6 Å². The van der Waals surface area contributed by atoms with E-state index in [0.717, 1.165) is 49.9 Å². The van der Waals surface area contributed by atoms with Crippen molar-refractivity contribution in [3.05, 3.63) is 64.7 Å². The summed E-state index contributed by atoms with van der Waals surface area (Å²) in [7, 11) is -4.19. The number of hydrogen-bond acceptors (Lipinski definition) is 4. The number of hydrogen-bond donors (Lipinski definition) is 2. The van der Waals surface area contributed by atoms with Crippen LogP contribution in [0.2, 0.25) is 0 Å². The van der Waals surface area contributed by atoms with Gasteiger partial charge in [0.05, 0.1) is 16.5 Å². The minimum absolute atomic E-state index is 0.00796. The summed E-state index contributed by atoms with van der Waals surface area (Å²) in [6, 6.07) is 9.40. The van der Waals surface area contributed by atoms with E-state index in [-0.39, 0.29) is 30.5 Å². The molecule has 1 aliphatic carbocycles. The highest BCUT2D eigenvalue weighted by Crippen LogP contribution is 2.34. The molecule has 0 saturated carbocycles. The number of fused-ring (bicyclic) bond motifs is 1. The van der Waals surface area contributed by atoms with Crippen LogP contribution in [0.1, 0.15) is 87.6 Å². The van der Waals surface area contributed by atoms with Gasteiger partial charge in [-0.25, -0.2) is 8.42 Å². The lowest BCUT2D eigenvalue weighted by molar-refractivity contribution is -0.137. The molecule has 0 radical (unpaired) electrons. The third kappa shape index (κ3) is 7.41. The molecule has 10 heteroatoms. The van der Waals surface area contributed by atoms with Crippen molar-refractivity contribution in [3.63, 3.8) is 0 Å². The normalized spacial score (nSPS) is 20.9. The molecule has 2 atom stereocenters. The molecule has 2 aromatic rings. The number of aryl methyl sites for hydroxylation is 1. The minimum Gasteiger partial charge on any atom is -0.349 e. The number of carbonyl (C=O) groups excluding carboxylic acids is 1. The Morgan fingerprint density at radius 3 is 2.51 bits per heavy atom. The van der Waals surface area contributed by atoms with Gasteiger partial charge in [-0.3, -0.25) is 4.79 Å². The highest BCUT2D eigenvalue weighted by Gasteiger charge is 2.37. The van der Waals surface area contributed by atoms with Crippen molar-refractivity contribution in [2.45, 2.75) is 101 Å². The standard InChI is InChI=1S/C29H38F3N3O3S/c1-28(2,3)33-19-20-13-14-25-21(16-20)8-6-12-26(25)34-27(36)18-23-10-4-5-15-35(23)39(37,38)24-11-7-9-22(17-24)29(30,31)32/h7,9,11,13-14,16-17,23,26,33H,4-6,8,10,12,15,18-19H2,1-3H3,(H,34,36)/t23-,26+/m0/s1. The van der Waals surface area contributed by atoms with Crippen LogP contribution in [-0.2, 0) is 34.0 Å². The van der Waals surface area contributed by atoms with Crippen molar-refractivity contribution >= 4 is 15.9 Å². The lowest BCUT2D eigenvalue weighted by Gasteiger charge is -2.35. The Morgan fingerprint density at radius 1 is 1.03 bits per heavy atom. The Balaban J connectivity index is 1.46. The SMILES string of the molecule is CC(C)(C)NCc1ccc2c(c1)CCC[C@H]2NC(=O)C[C@@H]1CCCCN1S(=O)(=O)c1cccc(C(F)(F)F)c1. The Labute approximate surface area is 229 Å². The fourth-order valence-electron chi connectivity index (χ4n) is 5.42. The zero-order chi connectivity index (χ0) is 28.4. The lowest BCUT2D eigenvalue weighted by Crippen LogP contribution is -2.46. The molecule has 1 amide bonds. The van der Waals surface area contributed by atoms with Gasteiger partial charge in [0.2, 0.25) is 15.9 Å². The van der Waals surface area contributed by atoms with Gasteiger partial charge < -0.3 is 10.6 Å². The van der Waals surface area contributed by atoms with Crippen LogP contribution < -0.4 is 10.6 Å². The molecule has 1 fully saturated rings. The first-order valence-corrected chi connectivity index (χ1v) is 15.0. The van der Waals surface area contributed by atoms with Crippen LogP contribution >= 0.6 is 0 Å². The molecule has 0 spiro atoms. The van der Waals surface area contributed by atoms with Gasteiger partial charge in [-0.15, -0.1) is 0 Å². The average molecular weight is 566 g/mol. The van der Waals surface area contributed by atoms with Crippen LogP contribution in [0.25, 0.3) is 0 Å². The Bertz CT molecular complexity index is 1290. The third-order valence-electron chi connectivity index (χ3n) is 7.44. The summed E-state index contributed by atoms with van der Waals surface area (Å²) in [4.78, 5) is 12.8. The van der Waals surface area contributed by atoms with Crippen molar-refractivity contribution in [2.75, 3.05) is 6.54 Å². The predicted molar refractivity (Wildman–Crippen MR) is 144 cm³/mol. The molecule has 0 bridgehead atoms. The predicted octanol–water partition coefficient (Wildman–Crippen LogP) is 5.72. The van der Waals surface area contributed by atoms with Crippen molar-refractivity contribution in [1.29, 1.82) is 0 Å². The van der Waals surface area contributed by atoms with E-state index in [1.54, 1.807) is 0 Å². The number of piperidine rings is 1. The van der Waals surface area contributed by atoms with Gasteiger partial charge in [-0.1, -0.05) is 30.7 Å². The van der Waals surface area contributed by atoms with Gasteiger partial charge in [-0.2, -0.15) is 17.5 Å². The summed E-state index contributed by atoms with van der Waals surface area (Å²) in [6.45, 7) is 7.29. The van der Waals surface area contributed by atoms with Crippen LogP contribution in [0.5, 0.6) is 0 Å². The summed E-state index contributed by atoms with van der Waals surface area (Å²) in [5.41, 5.74) is 2.49. The van der Waals surface area contributed by atoms with E-state index in [1.165, 1.54) is 21.5 Å². The van der Waals surface area contributed by atoms with Crippen molar-refractivity contribution in [1.82, 2.24) is 14.9 Å². The largest absolute Gasteiger partial charge is 0.416 e. The molecule has 2 aromatic carbocycles. The van der Waals surface area contributed by atoms with E-state index in [9.17, 15) is 26.4 Å². The summed E-state index contributed by atoms with van der Waals surface area (Å²) < 4.78 is 67.6. The number of halogens is 3. The van der Waals surface area contributed by atoms with Gasteiger partial charge >= 0.3 is 6.18 Å². The number of nitrogens with one attached hydrogen (secondary N) is 2. The van der Waals surface area contributed by atoms with E-state index in [1.807, 2.05) is 0 Å². The molecule has 1 heterocycles. The fourth-order valence-corrected chi connectivity index (χ4v) is 7.16. The smallest absolute Gasteiger partial charge is 0.349 e. The highest BCUT2D eigenvalue weighted by atomic mass is 32.2. The highest BCUT2D eigenvalue weighted by molar-refractivity contribution is 7.89. The molecule has 214 valence electrons. The van der Waals surface area contributed by atoms with E-state index < -0.39 is 32.7 Å². The number of nitrogens with zero attached hydrogens (tertiary/aromatic N) is 1. The first-order chi connectivity index (χ1) is 18.2. The summed E-state index contributed by atoms with van der Waals surface area (Å²) >= 11 is 0. The number of amides is 1. The van der Waals surface area contributed by atoms with E-state index >= 15 is 0 Å². The Kier molecular flexibility index (Phi) is 8.78. The van der Waals surface area contributed by atoms with Gasteiger partial charge in [0.1, 0.15) is 0 Å². The summed E-state index contributed by atoms with van der Waals surface area (Å²) in [6.07, 6.45) is -0.163. The van der Waals surface area contributed by atoms with Crippen LogP contribution in [-0.4, -0.2) is 36.8 Å². The Morgan fingerprint density at radius 2 is 1.79 bits per heavy atom. The van der Waals surface area contributed by atoms with Gasteiger partial charge in [0.15, 0.2) is 0 Å². The summed E-state index contributed by atoms with van der Waals surface area (Å²) in [5.74, 6) is -0.248. The minimum atomic E-state index is -4.65. The number of rotatable bonds is 7. The quantitative estimate of drug-likeness (QED) is 0.450. The maximum Gasteiger partial charge on any atom is 0.416 e. The molecule has 2 aliphatic rings. The van der Waals surface area contributed by atoms with Crippen LogP contribution in [0.3, 0.4) is 0 Å². The zero-order valence-electron chi connectivity index (χ0n) is 22.8. The molecule has 0 aromatic heterocycles. The van der Waals surface area contributed by atoms with Crippen molar-refractivity contribution in [2.24, 2.45) is 0 Å². The van der Waals surface area contributed by atoms with Crippen molar-refractivity contribution in [3.8, 4) is 0 Å². The second kappa shape index (κ2) is 11.6. The maximum atomic E-state index is 13.4. The molecule has 2 N–H and O–H groups in total. The second-order valence-electron chi connectivity index (χ2n) is 11.6. The van der Waals surface area contributed by atoms with Crippen LogP contribution in [0, 0.1) is 0 Å². The molecule has 39 heavy (non-hydrogen) atoms. The van der Waals surface area contributed by atoms with Gasteiger partial charge in [-0.05, 0) is 87.8 Å². The van der Waals surface area contributed by atoms with E-state index in [4.69, 9.17) is 0 Å². The lowest BCUT2D eigenvalue weighted by atomic mass is 9.86. The first kappa shape index (κ1) is 29.6. The topological polar surface area (TPSA) is 78.5 Å². The molecular formula is C29H38F3N3O3S. The van der Waals surface area contributed by atoms with Crippen molar-refractivity contribution < 1.29 is 26.4 Å². The molecule has 1 saturated heterocycles.